The van der Waals surface area contributed by atoms with Gasteiger partial charge in [-0.1, -0.05) is 30.3 Å². The lowest BCUT2D eigenvalue weighted by molar-refractivity contribution is -0.113. The summed E-state index contributed by atoms with van der Waals surface area (Å²) in [5.41, 5.74) is 7.72. The third-order valence-electron chi connectivity index (χ3n) is 3.41. The zero-order chi connectivity index (χ0) is 14.7. The van der Waals surface area contributed by atoms with Crippen molar-refractivity contribution in [3.8, 4) is 5.75 Å². The van der Waals surface area contributed by atoms with Crippen molar-refractivity contribution in [2.75, 3.05) is 6.54 Å². The molecule has 2 heterocycles. The monoisotopic (exact) mass is 286 g/mol. The first-order valence-electron chi connectivity index (χ1n) is 6.99. The van der Waals surface area contributed by atoms with Crippen molar-refractivity contribution in [1.29, 1.82) is 0 Å². The van der Waals surface area contributed by atoms with Crippen LogP contribution < -0.4 is 10.5 Å². The van der Waals surface area contributed by atoms with E-state index in [2.05, 4.69) is 4.98 Å². The van der Waals surface area contributed by atoms with Gasteiger partial charge in [0.15, 0.2) is 0 Å². The Morgan fingerprint density at radius 3 is 2.81 bits per heavy atom. The summed E-state index contributed by atoms with van der Waals surface area (Å²) in [6.07, 6.45) is -0.576. The standard InChI is InChI=1S/C16H18N2O3/c17-9-8-14(19)12-6-7-15-13(18-12)10-20-16(21-15)11-4-2-1-3-5-11/h1-7,14,16,19H,8-10,17H2. The molecule has 2 atom stereocenters. The van der Waals surface area contributed by atoms with Gasteiger partial charge < -0.3 is 20.3 Å². The molecule has 2 unspecified atom stereocenters. The minimum absolute atomic E-state index is 0.359. The van der Waals surface area contributed by atoms with E-state index >= 15 is 0 Å². The molecule has 110 valence electrons. The fourth-order valence-electron chi connectivity index (χ4n) is 2.29. The van der Waals surface area contributed by atoms with Crippen LogP contribution in [0.3, 0.4) is 0 Å². The fraction of sp³-hybridized carbons (Fsp3) is 0.312. The highest BCUT2D eigenvalue weighted by Gasteiger charge is 2.23. The Hall–Kier alpha value is -1.95. The highest BCUT2D eigenvalue weighted by atomic mass is 16.7. The molecule has 0 amide bonds. The van der Waals surface area contributed by atoms with Crippen LogP contribution in [0.1, 0.15) is 35.8 Å². The van der Waals surface area contributed by atoms with E-state index in [4.69, 9.17) is 15.2 Å². The first kappa shape index (κ1) is 14.0. The number of benzene rings is 1. The second-order valence-electron chi connectivity index (χ2n) is 4.95. The van der Waals surface area contributed by atoms with Crippen LogP contribution in [0.2, 0.25) is 0 Å². The number of hydrogen-bond donors (Lipinski definition) is 2. The number of nitrogens with zero attached hydrogens (tertiary/aromatic N) is 1. The van der Waals surface area contributed by atoms with E-state index < -0.39 is 12.4 Å². The number of aromatic nitrogens is 1. The molecule has 0 radical (unpaired) electrons. The number of rotatable bonds is 4. The van der Waals surface area contributed by atoms with Crippen molar-refractivity contribution in [3.63, 3.8) is 0 Å². The van der Waals surface area contributed by atoms with Gasteiger partial charge in [-0.15, -0.1) is 0 Å². The highest BCUT2D eigenvalue weighted by molar-refractivity contribution is 5.32. The molecule has 21 heavy (non-hydrogen) atoms. The van der Waals surface area contributed by atoms with Gasteiger partial charge in [-0.25, -0.2) is 4.98 Å². The zero-order valence-corrected chi connectivity index (χ0v) is 11.6. The minimum Gasteiger partial charge on any atom is -0.459 e. The van der Waals surface area contributed by atoms with E-state index in [9.17, 15) is 5.11 Å². The molecule has 3 rings (SSSR count). The zero-order valence-electron chi connectivity index (χ0n) is 11.6. The van der Waals surface area contributed by atoms with Crippen LogP contribution in [0.15, 0.2) is 42.5 Å². The molecule has 2 aromatic rings. The molecule has 3 N–H and O–H groups in total. The molecule has 1 aliphatic heterocycles. The number of fused-ring (bicyclic) bond motifs is 1. The number of nitrogens with two attached hydrogens (primary N) is 1. The lowest BCUT2D eigenvalue weighted by Crippen LogP contribution is -2.19. The Morgan fingerprint density at radius 1 is 1.24 bits per heavy atom. The molecule has 1 aliphatic rings. The molecule has 0 bridgehead atoms. The predicted molar refractivity (Wildman–Crippen MR) is 77.5 cm³/mol. The smallest absolute Gasteiger partial charge is 0.227 e. The van der Waals surface area contributed by atoms with E-state index in [0.717, 1.165) is 5.56 Å². The summed E-state index contributed by atoms with van der Waals surface area (Å²) >= 11 is 0. The molecular weight excluding hydrogens is 268 g/mol. The molecule has 1 aromatic heterocycles. The van der Waals surface area contributed by atoms with Crippen LogP contribution in [0.4, 0.5) is 0 Å². The van der Waals surface area contributed by atoms with Crippen molar-refractivity contribution >= 4 is 0 Å². The molecule has 0 aliphatic carbocycles. The molecule has 0 fully saturated rings. The fourth-order valence-corrected chi connectivity index (χ4v) is 2.29. The van der Waals surface area contributed by atoms with Crippen LogP contribution in [-0.4, -0.2) is 16.6 Å². The van der Waals surface area contributed by atoms with Gasteiger partial charge in [-0.05, 0) is 25.1 Å². The predicted octanol–water partition coefficient (Wildman–Crippen LogP) is 2.07. The average molecular weight is 286 g/mol. The Labute approximate surface area is 123 Å². The van der Waals surface area contributed by atoms with Crippen molar-refractivity contribution in [3.05, 3.63) is 59.4 Å². The Balaban J connectivity index is 1.78. The molecule has 5 heteroatoms. The summed E-state index contributed by atoms with van der Waals surface area (Å²) in [4.78, 5) is 4.40. The molecular formula is C16H18N2O3. The van der Waals surface area contributed by atoms with Crippen LogP contribution in [0, 0.1) is 0 Å². The van der Waals surface area contributed by atoms with Crippen molar-refractivity contribution in [2.45, 2.75) is 25.4 Å². The number of pyridine rings is 1. The van der Waals surface area contributed by atoms with Crippen LogP contribution >= 0.6 is 0 Å². The third kappa shape index (κ3) is 3.05. The summed E-state index contributed by atoms with van der Waals surface area (Å²) < 4.78 is 11.5. The van der Waals surface area contributed by atoms with E-state index in [1.54, 1.807) is 6.07 Å². The minimum atomic E-state index is -0.646. The Kier molecular flexibility index (Phi) is 4.15. The topological polar surface area (TPSA) is 77.6 Å². The SMILES string of the molecule is NCCC(O)c1ccc2c(n1)COC(c1ccccc1)O2. The van der Waals surface area contributed by atoms with Gasteiger partial charge in [0.2, 0.25) is 6.29 Å². The number of aliphatic hydroxyl groups excluding tert-OH is 1. The molecule has 1 aromatic carbocycles. The summed E-state index contributed by atoms with van der Waals surface area (Å²) in [5.74, 6) is 0.693. The van der Waals surface area contributed by atoms with Gasteiger partial charge in [0.05, 0.1) is 18.4 Å². The van der Waals surface area contributed by atoms with Gasteiger partial charge in [0.1, 0.15) is 11.4 Å². The first-order valence-corrected chi connectivity index (χ1v) is 6.99. The quantitative estimate of drug-likeness (QED) is 0.899. The van der Waals surface area contributed by atoms with Crippen LogP contribution in [0.25, 0.3) is 0 Å². The van der Waals surface area contributed by atoms with Crippen molar-refractivity contribution in [1.82, 2.24) is 4.98 Å². The maximum absolute atomic E-state index is 9.93. The normalized spacial score (nSPS) is 18.7. The Bertz CT molecular complexity index is 604. The van der Waals surface area contributed by atoms with Crippen molar-refractivity contribution in [2.24, 2.45) is 5.73 Å². The summed E-state index contributed by atoms with van der Waals surface area (Å²) in [5, 5.41) is 9.93. The molecule has 0 spiro atoms. The average Bonchev–Trinajstić information content (AvgIpc) is 2.55. The van der Waals surface area contributed by atoms with E-state index in [-0.39, 0.29) is 0 Å². The summed E-state index contributed by atoms with van der Waals surface area (Å²) in [6.45, 7) is 0.779. The highest BCUT2D eigenvalue weighted by Crippen LogP contribution is 2.32. The van der Waals surface area contributed by atoms with Gasteiger partial charge in [0.25, 0.3) is 0 Å². The lowest BCUT2D eigenvalue weighted by Gasteiger charge is -2.26. The lowest BCUT2D eigenvalue weighted by atomic mass is 10.1. The van der Waals surface area contributed by atoms with Crippen LogP contribution in [0.5, 0.6) is 5.75 Å². The van der Waals surface area contributed by atoms with E-state index in [1.165, 1.54) is 0 Å². The third-order valence-corrected chi connectivity index (χ3v) is 3.41. The largest absolute Gasteiger partial charge is 0.459 e. The number of aliphatic hydroxyl groups is 1. The summed E-state index contributed by atoms with van der Waals surface area (Å²) in [7, 11) is 0. The first-order chi connectivity index (χ1) is 10.3. The van der Waals surface area contributed by atoms with Gasteiger partial charge in [0, 0.05) is 5.56 Å². The summed E-state index contributed by atoms with van der Waals surface area (Å²) in [6, 6.07) is 13.4. The molecule has 0 saturated heterocycles. The maximum atomic E-state index is 9.93. The van der Waals surface area contributed by atoms with Gasteiger partial charge >= 0.3 is 0 Å². The second-order valence-corrected chi connectivity index (χ2v) is 4.95. The Morgan fingerprint density at radius 2 is 2.05 bits per heavy atom. The maximum Gasteiger partial charge on any atom is 0.227 e. The van der Waals surface area contributed by atoms with Gasteiger partial charge in [-0.2, -0.15) is 0 Å². The van der Waals surface area contributed by atoms with E-state index in [1.807, 2.05) is 36.4 Å². The molecule has 0 saturated carbocycles. The molecule has 5 nitrogen and oxygen atoms in total. The number of ether oxygens (including phenoxy) is 2. The number of hydrogen-bond acceptors (Lipinski definition) is 5. The van der Waals surface area contributed by atoms with Crippen molar-refractivity contribution < 1.29 is 14.6 Å². The van der Waals surface area contributed by atoms with Crippen LogP contribution in [-0.2, 0) is 11.3 Å². The second kappa shape index (κ2) is 6.22. The van der Waals surface area contributed by atoms with Gasteiger partial charge in [-0.3, -0.25) is 0 Å². The van der Waals surface area contributed by atoms with E-state index in [0.29, 0.717) is 36.7 Å².